The molecular weight excluding hydrogens is 324 g/mol. The highest BCUT2D eigenvalue weighted by molar-refractivity contribution is 5.76. The minimum Gasteiger partial charge on any atom is -0.465 e. The van der Waals surface area contributed by atoms with Crippen molar-refractivity contribution in [3.05, 3.63) is 71.8 Å². The highest BCUT2D eigenvalue weighted by Gasteiger charge is 2.37. The molecule has 4 nitrogen and oxygen atoms in total. The molecule has 0 amide bonds. The van der Waals surface area contributed by atoms with Crippen LogP contribution in [-0.4, -0.2) is 47.5 Å². The first-order valence-electron chi connectivity index (χ1n) is 9.40. The molecule has 1 aliphatic rings. The number of benzene rings is 2. The van der Waals surface area contributed by atoms with E-state index >= 15 is 0 Å². The Morgan fingerprint density at radius 2 is 1.54 bits per heavy atom. The molecule has 0 aliphatic carbocycles. The zero-order valence-corrected chi connectivity index (χ0v) is 15.7. The van der Waals surface area contributed by atoms with Gasteiger partial charge in [0.05, 0.1) is 6.61 Å². The number of rotatable bonds is 6. The zero-order chi connectivity index (χ0) is 18.4. The van der Waals surface area contributed by atoms with Gasteiger partial charge in [-0.2, -0.15) is 0 Å². The lowest BCUT2D eigenvalue weighted by Gasteiger charge is -2.44. The number of hydrogen-bond acceptors (Lipinski definition) is 4. The van der Waals surface area contributed by atoms with E-state index in [9.17, 15) is 4.79 Å². The summed E-state index contributed by atoms with van der Waals surface area (Å²) in [4.78, 5) is 17.3. The summed E-state index contributed by atoms with van der Waals surface area (Å²) in [6.45, 7) is 7.76. The van der Waals surface area contributed by atoms with Gasteiger partial charge in [-0.15, -0.1) is 0 Å². The van der Waals surface area contributed by atoms with E-state index in [0.29, 0.717) is 13.2 Å². The lowest BCUT2D eigenvalue weighted by Crippen LogP contribution is -2.60. The van der Waals surface area contributed by atoms with Crippen molar-refractivity contribution in [1.82, 2.24) is 9.80 Å². The summed E-state index contributed by atoms with van der Waals surface area (Å²) in [6, 6.07) is 20.8. The molecule has 0 spiro atoms. The summed E-state index contributed by atoms with van der Waals surface area (Å²) in [5.41, 5.74) is 2.50. The molecule has 138 valence electrons. The summed E-state index contributed by atoms with van der Waals surface area (Å²) in [6.07, 6.45) is 0. The third kappa shape index (κ3) is 4.71. The monoisotopic (exact) mass is 352 g/mol. The van der Waals surface area contributed by atoms with Crippen LogP contribution in [0.3, 0.4) is 0 Å². The Kier molecular flexibility index (Phi) is 6.42. The van der Waals surface area contributed by atoms with Gasteiger partial charge >= 0.3 is 5.97 Å². The fourth-order valence-electron chi connectivity index (χ4n) is 3.69. The second-order valence-corrected chi connectivity index (χ2v) is 6.95. The highest BCUT2D eigenvalue weighted by atomic mass is 16.5. The minimum atomic E-state index is -0.234. The number of hydrogen-bond donors (Lipinski definition) is 0. The topological polar surface area (TPSA) is 32.8 Å². The minimum absolute atomic E-state index is 0.118. The van der Waals surface area contributed by atoms with Crippen LogP contribution in [0, 0.1) is 0 Å². The van der Waals surface area contributed by atoms with Gasteiger partial charge in [0.15, 0.2) is 0 Å². The van der Waals surface area contributed by atoms with E-state index in [1.165, 1.54) is 11.1 Å². The van der Waals surface area contributed by atoms with Gasteiger partial charge in [-0.1, -0.05) is 60.7 Å². The van der Waals surface area contributed by atoms with E-state index in [4.69, 9.17) is 4.74 Å². The Labute approximate surface area is 156 Å². The van der Waals surface area contributed by atoms with Crippen molar-refractivity contribution in [2.75, 3.05) is 19.7 Å². The lowest BCUT2D eigenvalue weighted by molar-refractivity contribution is -0.154. The molecule has 1 heterocycles. The third-order valence-electron chi connectivity index (χ3n) is 4.94. The van der Waals surface area contributed by atoms with E-state index in [1.54, 1.807) is 0 Å². The van der Waals surface area contributed by atoms with Gasteiger partial charge in [-0.25, -0.2) is 0 Å². The first kappa shape index (κ1) is 18.6. The van der Waals surface area contributed by atoms with Crippen molar-refractivity contribution in [3.8, 4) is 0 Å². The highest BCUT2D eigenvalue weighted by Crippen LogP contribution is 2.22. The van der Waals surface area contributed by atoms with Crippen LogP contribution in [0.1, 0.15) is 25.0 Å². The first-order valence-corrected chi connectivity index (χ1v) is 9.40. The standard InChI is InChI=1S/C22H28N2O2/c1-3-26-22(25)21-17-23(15-19-10-6-4-7-11-19)14-18(2)24(21)16-20-12-8-5-9-13-20/h4-13,18,21H,3,14-17H2,1-2H3. The van der Waals surface area contributed by atoms with Crippen LogP contribution in [0.15, 0.2) is 60.7 Å². The van der Waals surface area contributed by atoms with Gasteiger partial charge in [-0.05, 0) is 25.0 Å². The Morgan fingerprint density at radius 3 is 2.12 bits per heavy atom. The van der Waals surface area contributed by atoms with Gasteiger partial charge < -0.3 is 4.74 Å². The normalized spacial score (nSPS) is 21.5. The molecular formula is C22H28N2O2. The largest absolute Gasteiger partial charge is 0.465 e. The van der Waals surface area contributed by atoms with Crippen molar-refractivity contribution < 1.29 is 9.53 Å². The summed E-state index contributed by atoms with van der Waals surface area (Å²) in [5.74, 6) is -0.118. The molecule has 1 saturated heterocycles. The quantitative estimate of drug-likeness (QED) is 0.747. The maximum Gasteiger partial charge on any atom is 0.324 e. The summed E-state index contributed by atoms with van der Waals surface area (Å²) < 4.78 is 5.39. The lowest BCUT2D eigenvalue weighted by atomic mass is 10.0. The fraction of sp³-hybridized carbons (Fsp3) is 0.409. The molecule has 1 aliphatic heterocycles. The van der Waals surface area contributed by atoms with Gasteiger partial charge in [0.25, 0.3) is 0 Å². The second-order valence-electron chi connectivity index (χ2n) is 6.95. The molecule has 0 bridgehead atoms. The van der Waals surface area contributed by atoms with E-state index in [1.807, 2.05) is 31.2 Å². The van der Waals surface area contributed by atoms with Crippen LogP contribution in [0.4, 0.5) is 0 Å². The van der Waals surface area contributed by atoms with Gasteiger partial charge in [0, 0.05) is 32.2 Å². The van der Waals surface area contributed by atoms with Crippen LogP contribution < -0.4 is 0 Å². The Bertz CT molecular complexity index is 690. The average molecular weight is 352 g/mol. The summed E-state index contributed by atoms with van der Waals surface area (Å²) in [7, 11) is 0. The Hall–Kier alpha value is -2.17. The van der Waals surface area contributed by atoms with Crippen molar-refractivity contribution >= 4 is 5.97 Å². The van der Waals surface area contributed by atoms with Crippen LogP contribution in [0.2, 0.25) is 0 Å². The maximum absolute atomic E-state index is 12.7. The first-order chi connectivity index (χ1) is 12.7. The zero-order valence-electron chi connectivity index (χ0n) is 15.7. The molecule has 3 rings (SSSR count). The number of nitrogens with zero attached hydrogens (tertiary/aromatic N) is 2. The van der Waals surface area contributed by atoms with Crippen molar-refractivity contribution in [3.63, 3.8) is 0 Å². The molecule has 2 aromatic carbocycles. The number of carbonyl (C=O) groups excluding carboxylic acids is 1. The number of piperazine rings is 1. The maximum atomic E-state index is 12.7. The van der Waals surface area contributed by atoms with E-state index < -0.39 is 0 Å². The number of esters is 1. The van der Waals surface area contributed by atoms with Gasteiger partial charge in [0.1, 0.15) is 6.04 Å². The van der Waals surface area contributed by atoms with E-state index in [2.05, 4.69) is 53.1 Å². The van der Waals surface area contributed by atoms with Crippen LogP contribution in [0.25, 0.3) is 0 Å². The van der Waals surface area contributed by atoms with E-state index in [-0.39, 0.29) is 18.1 Å². The van der Waals surface area contributed by atoms with Crippen molar-refractivity contribution in [1.29, 1.82) is 0 Å². The number of carbonyl (C=O) groups is 1. The van der Waals surface area contributed by atoms with Crippen molar-refractivity contribution in [2.24, 2.45) is 0 Å². The molecule has 0 aromatic heterocycles. The second kappa shape index (κ2) is 8.97. The molecule has 0 saturated carbocycles. The number of ether oxygens (including phenoxy) is 1. The molecule has 2 atom stereocenters. The fourth-order valence-corrected chi connectivity index (χ4v) is 3.69. The molecule has 2 aromatic rings. The van der Waals surface area contributed by atoms with E-state index in [0.717, 1.165) is 19.6 Å². The molecule has 26 heavy (non-hydrogen) atoms. The van der Waals surface area contributed by atoms with Crippen LogP contribution in [-0.2, 0) is 22.6 Å². The summed E-state index contributed by atoms with van der Waals surface area (Å²) in [5, 5.41) is 0. The molecule has 4 heteroatoms. The van der Waals surface area contributed by atoms with Crippen molar-refractivity contribution in [2.45, 2.75) is 39.0 Å². The van der Waals surface area contributed by atoms with Crippen LogP contribution >= 0.6 is 0 Å². The molecule has 0 N–H and O–H groups in total. The molecule has 2 unspecified atom stereocenters. The predicted molar refractivity (Wildman–Crippen MR) is 104 cm³/mol. The smallest absolute Gasteiger partial charge is 0.324 e. The Morgan fingerprint density at radius 1 is 0.962 bits per heavy atom. The third-order valence-corrected chi connectivity index (χ3v) is 4.94. The van der Waals surface area contributed by atoms with Gasteiger partial charge in [0.2, 0.25) is 0 Å². The van der Waals surface area contributed by atoms with Crippen LogP contribution in [0.5, 0.6) is 0 Å². The Balaban J connectivity index is 1.75. The molecule has 1 fully saturated rings. The molecule has 0 radical (unpaired) electrons. The average Bonchev–Trinajstić information content (AvgIpc) is 2.65. The SMILES string of the molecule is CCOC(=O)C1CN(Cc2ccccc2)CC(C)N1Cc1ccccc1. The summed E-state index contributed by atoms with van der Waals surface area (Å²) >= 11 is 0. The van der Waals surface area contributed by atoms with Gasteiger partial charge in [-0.3, -0.25) is 14.6 Å². The predicted octanol–water partition coefficient (Wildman–Crippen LogP) is 3.32.